The smallest absolute Gasteiger partial charge is 0.211 e. The van der Waals surface area contributed by atoms with E-state index in [0.29, 0.717) is 0 Å². The van der Waals surface area contributed by atoms with Crippen LogP contribution in [0.5, 0.6) is 0 Å². The molecule has 0 fully saturated rings. The van der Waals surface area contributed by atoms with Gasteiger partial charge in [-0.2, -0.15) is 0 Å². The number of hydrogen-bond donors (Lipinski definition) is 0. The zero-order valence-corrected chi connectivity index (χ0v) is 37.6. The Morgan fingerprint density at radius 1 is 0.436 bits per heavy atom. The third-order valence-corrected chi connectivity index (χ3v) is 11.0. The van der Waals surface area contributed by atoms with Crippen molar-refractivity contribution in [1.29, 1.82) is 0 Å². The van der Waals surface area contributed by atoms with Crippen molar-refractivity contribution in [2.45, 2.75) is 208 Å². The molecular weight excluding hydrogens is 759 g/mol. The monoisotopic (exact) mass is 835 g/mol. The molecule has 304 valence electrons. The average molecular weight is 836 g/mol. The van der Waals surface area contributed by atoms with Gasteiger partial charge in [0.1, 0.15) is 0 Å². The molecule has 2 aromatic rings. The number of rotatable bonds is 26. The Labute approximate surface area is 353 Å². The van der Waals surface area contributed by atoms with E-state index < -0.39 is 0 Å². The predicted molar refractivity (Wildman–Crippen MR) is 236 cm³/mol. The van der Waals surface area contributed by atoms with Gasteiger partial charge in [-0.3, -0.25) is 0 Å². The van der Waals surface area contributed by atoms with E-state index in [9.17, 15) is 5.53 Å². The molecule has 0 aromatic heterocycles. The van der Waals surface area contributed by atoms with Gasteiger partial charge in [-0.15, -0.1) is 0 Å². The van der Waals surface area contributed by atoms with Gasteiger partial charge in [-0.25, -0.2) is 4.70 Å². The fraction of sp³-hybridized carbons (Fsp3) is 0.615. The van der Waals surface area contributed by atoms with E-state index in [1.165, 1.54) is 119 Å². The summed E-state index contributed by atoms with van der Waals surface area (Å²) in [6.07, 6.45) is 30.9. The number of aryl methyl sites for hydroxylation is 2. The van der Waals surface area contributed by atoms with Gasteiger partial charge >= 0.3 is 0 Å². The van der Waals surface area contributed by atoms with Crippen LogP contribution in [0, 0.1) is 23.7 Å². The molecule has 0 radical (unpaired) electrons. The minimum Gasteiger partial charge on any atom is -0.493 e. The summed E-state index contributed by atoms with van der Waals surface area (Å²) >= 11 is 0. The minimum atomic E-state index is 0. The molecule has 0 saturated heterocycles. The minimum absolute atomic E-state index is 0. The van der Waals surface area contributed by atoms with Crippen molar-refractivity contribution in [1.82, 2.24) is 0 Å². The SMILES string of the molecule is CCCCCCCCC#Cc1cc(C#CCCCCCCCC)cc(C2=C(CCCC)C(CCCCCCCC)=C(c3cc(CC)cc(CC)c3)[N+]2=[N-])c1.[Pd]. The predicted octanol–water partition coefficient (Wildman–Crippen LogP) is 16.1. The molecule has 0 aliphatic carbocycles. The largest absolute Gasteiger partial charge is 0.493 e. The number of allylic oxidation sites excluding steroid dienone is 2. The van der Waals surface area contributed by atoms with Gasteiger partial charge in [-0.1, -0.05) is 174 Å². The van der Waals surface area contributed by atoms with Crippen LogP contribution in [0.1, 0.15) is 229 Å². The summed E-state index contributed by atoms with van der Waals surface area (Å²) in [5.74, 6) is 14.1. The van der Waals surface area contributed by atoms with Crippen LogP contribution in [-0.4, -0.2) is 4.70 Å². The molecule has 0 amide bonds. The maximum atomic E-state index is 12.5. The van der Waals surface area contributed by atoms with Gasteiger partial charge in [0.05, 0.1) is 0 Å². The second-order valence-electron chi connectivity index (χ2n) is 15.8. The number of hydrogen-bond acceptors (Lipinski definition) is 0. The van der Waals surface area contributed by atoms with Crippen molar-refractivity contribution < 1.29 is 25.1 Å². The average Bonchev–Trinajstić information content (AvgIpc) is 3.47. The van der Waals surface area contributed by atoms with E-state index in [2.05, 4.69) is 102 Å². The van der Waals surface area contributed by atoms with Crippen LogP contribution in [0.4, 0.5) is 0 Å². The van der Waals surface area contributed by atoms with Crippen molar-refractivity contribution in [3.8, 4) is 23.7 Å². The summed E-state index contributed by atoms with van der Waals surface area (Å²) in [7, 11) is 0. The van der Waals surface area contributed by atoms with E-state index in [1.807, 2.05) is 0 Å². The molecule has 0 unspecified atom stereocenters. The quantitative estimate of drug-likeness (QED) is 0.0390. The first-order valence-electron chi connectivity index (χ1n) is 22.7. The number of benzene rings is 2. The molecule has 0 bridgehead atoms. The first-order valence-corrected chi connectivity index (χ1v) is 22.7. The van der Waals surface area contributed by atoms with Crippen molar-refractivity contribution in [3.05, 3.63) is 86.5 Å². The van der Waals surface area contributed by atoms with Gasteiger partial charge in [0.2, 0.25) is 11.4 Å². The zero-order valence-electron chi connectivity index (χ0n) is 36.1. The molecule has 2 nitrogen and oxygen atoms in total. The summed E-state index contributed by atoms with van der Waals surface area (Å²) in [5, 5.41) is 0. The fourth-order valence-corrected chi connectivity index (χ4v) is 7.75. The molecule has 3 heteroatoms. The molecule has 0 saturated carbocycles. The molecule has 0 atom stereocenters. The Balaban J connectivity index is 0.0000105. The van der Waals surface area contributed by atoms with Crippen LogP contribution in [0.2, 0.25) is 0 Å². The van der Waals surface area contributed by atoms with Gasteiger partial charge in [0, 0.05) is 66.7 Å². The van der Waals surface area contributed by atoms with Gasteiger partial charge in [-0.05, 0) is 92.8 Å². The van der Waals surface area contributed by atoms with Crippen molar-refractivity contribution in [3.63, 3.8) is 0 Å². The molecule has 2 aromatic carbocycles. The Bertz CT molecular complexity index is 1540. The molecular formula is C52H76N2Pd. The van der Waals surface area contributed by atoms with E-state index >= 15 is 0 Å². The maximum Gasteiger partial charge on any atom is 0.211 e. The van der Waals surface area contributed by atoms with E-state index in [4.69, 9.17) is 0 Å². The van der Waals surface area contributed by atoms with Gasteiger partial charge in [0.25, 0.3) is 0 Å². The Kier molecular flexibility index (Phi) is 26.0. The first-order chi connectivity index (χ1) is 26.5. The summed E-state index contributed by atoms with van der Waals surface area (Å²) in [6, 6.07) is 13.6. The van der Waals surface area contributed by atoms with Crippen LogP contribution in [0.25, 0.3) is 16.9 Å². The van der Waals surface area contributed by atoms with E-state index in [0.717, 1.165) is 104 Å². The van der Waals surface area contributed by atoms with Crippen molar-refractivity contribution >= 4 is 11.4 Å². The third-order valence-electron chi connectivity index (χ3n) is 11.0. The Morgan fingerprint density at radius 2 is 0.818 bits per heavy atom. The fourth-order valence-electron chi connectivity index (χ4n) is 7.75. The number of unbranched alkanes of at least 4 members (excludes halogenated alkanes) is 18. The molecule has 3 rings (SSSR count). The van der Waals surface area contributed by atoms with Crippen molar-refractivity contribution in [2.24, 2.45) is 0 Å². The standard InChI is InChI=1S/C52H76N2.Pd/c1-7-13-17-20-23-25-27-30-33-45-38-46(34-31-28-26-24-21-18-14-8-2)42-48(41-45)52-49(35-16-10-4)50(36-32-29-22-19-15-9-3)51(54(52)53)47-39-43(11-5)37-44(12-6)40-47;/h37-42H,7-29,32,35-36H2,1-6H3;. The van der Waals surface area contributed by atoms with Gasteiger partial charge < -0.3 is 5.53 Å². The first kappa shape index (κ1) is 48.5. The number of nitrogens with zero attached hydrogens (tertiary/aromatic N) is 2. The normalized spacial score (nSPS) is 12.4. The Morgan fingerprint density at radius 3 is 1.25 bits per heavy atom. The van der Waals surface area contributed by atoms with Crippen LogP contribution in [-0.2, 0) is 33.3 Å². The van der Waals surface area contributed by atoms with E-state index in [-0.39, 0.29) is 20.4 Å². The summed E-state index contributed by atoms with van der Waals surface area (Å²) in [4.78, 5) is 0. The zero-order chi connectivity index (χ0) is 38.8. The summed E-state index contributed by atoms with van der Waals surface area (Å²) in [5.41, 5.74) is 23.9. The Hall–Kier alpha value is -2.70. The molecule has 1 aliphatic rings. The van der Waals surface area contributed by atoms with E-state index in [1.54, 1.807) is 4.70 Å². The second kappa shape index (κ2) is 29.5. The summed E-state index contributed by atoms with van der Waals surface area (Å²) < 4.78 is 1.57. The summed E-state index contributed by atoms with van der Waals surface area (Å²) in [6.45, 7) is 13.6. The van der Waals surface area contributed by atoms with Crippen molar-refractivity contribution in [2.75, 3.05) is 0 Å². The van der Waals surface area contributed by atoms with Gasteiger partial charge in [0.15, 0.2) is 0 Å². The molecule has 0 spiro atoms. The second-order valence-corrected chi connectivity index (χ2v) is 15.8. The molecule has 1 aliphatic heterocycles. The molecule has 1 heterocycles. The third kappa shape index (κ3) is 17.1. The van der Waals surface area contributed by atoms with Crippen LogP contribution >= 0.6 is 0 Å². The molecule has 0 N–H and O–H groups in total. The molecule has 55 heavy (non-hydrogen) atoms. The van der Waals surface area contributed by atoms with Crippen LogP contribution < -0.4 is 0 Å². The maximum absolute atomic E-state index is 12.5. The van der Waals surface area contributed by atoms with Crippen LogP contribution in [0.15, 0.2) is 47.5 Å². The van der Waals surface area contributed by atoms with Crippen LogP contribution in [0.3, 0.4) is 0 Å². The topological polar surface area (TPSA) is 25.3 Å².